The maximum atomic E-state index is 12.3. The summed E-state index contributed by atoms with van der Waals surface area (Å²) in [5, 5.41) is 3.29. The van der Waals surface area contributed by atoms with Crippen LogP contribution in [0.5, 0.6) is 11.5 Å². The lowest BCUT2D eigenvalue weighted by Crippen LogP contribution is -2.39. The molecule has 1 saturated heterocycles. The Morgan fingerprint density at radius 2 is 1.83 bits per heavy atom. The number of hydrogen-bond donors (Lipinski definition) is 1. The molecule has 4 heteroatoms. The highest BCUT2D eigenvalue weighted by Crippen LogP contribution is 2.21. The second-order valence-corrected chi connectivity index (χ2v) is 5.89. The molecule has 4 nitrogen and oxygen atoms in total. The fourth-order valence-corrected chi connectivity index (χ4v) is 2.77. The van der Waals surface area contributed by atoms with Crippen molar-refractivity contribution in [2.24, 2.45) is 0 Å². The number of carbonyl (C=O) groups excluding carboxylic acids is 1. The maximum absolute atomic E-state index is 12.3. The lowest BCUT2D eigenvalue weighted by molar-refractivity contribution is -0.130. The van der Waals surface area contributed by atoms with E-state index in [4.69, 9.17) is 4.74 Å². The van der Waals surface area contributed by atoms with Gasteiger partial charge in [-0.05, 0) is 42.8 Å². The molecule has 1 amide bonds. The van der Waals surface area contributed by atoms with E-state index in [1.54, 1.807) is 0 Å². The second-order valence-electron chi connectivity index (χ2n) is 5.89. The molecule has 1 heterocycles. The van der Waals surface area contributed by atoms with Gasteiger partial charge in [0.2, 0.25) is 5.91 Å². The normalized spacial score (nSPS) is 17.0. The molecule has 0 bridgehead atoms. The Morgan fingerprint density at radius 1 is 1.13 bits per heavy atom. The fourth-order valence-electron chi connectivity index (χ4n) is 2.77. The Kier molecular flexibility index (Phi) is 4.93. The largest absolute Gasteiger partial charge is 0.457 e. The third-order valence-corrected chi connectivity index (χ3v) is 4.23. The third kappa shape index (κ3) is 4.11. The van der Waals surface area contributed by atoms with Gasteiger partial charge in [0, 0.05) is 19.6 Å². The number of rotatable bonds is 5. The summed E-state index contributed by atoms with van der Waals surface area (Å²) in [6.45, 7) is 1.89. The summed E-state index contributed by atoms with van der Waals surface area (Å²) in [5.41, 5.74) is 1.01. The van der Waals surface area contributed by atoms with E-state index in [2.05, 4.69) is 5.32 Å². The van der Waals surface area contributed by atoms with Crippen LogP contribution < -0.4 is 10.1 Å². The molecular weight excluding hydrogens is 288 g/mol. The molecule has 1 aliphatic rings. The molecule has 0 radical (unpaired) electrons. The highest BCUT2D eigenvalue weighted by atomic mass is 16.5. The molecule has 120 valence electrons. The van der Waals surface area contributed by atoms with Gasteiger partial charge in [-0.15, -0.1) is 0 Å². The molecule has 0 aliphatic carbocycles. The summed E-state index contributed by atoms with van der Waals surface area (Å²) in [5.74, 6) is 1.75. The van der Waals surface area contributed by atoms with Crippen molar-refractivity contribution < 1.29 is 9.53 Å². The molecule has 0 unspecified atom stereocenters. The molecule has 2 aromatic carbocycles. The number of carbonyl (C=O) groups is 1. The summed E-state index contributed by atoms with van der Waals surface area (Å²) in [6, 6.07) is 17.7. The van der Waals surface area contributed by atoms with Crippen molar-refractivity contribution in [3.05, 3.63) is 60.2 Å². The van der Waals surface area contributed by atoms with Gasteiger partial charge in [-0.25, -0.2) is 0 Å². The maximum Gasteiger partial charge on any atom is 0.227 e. The molecule has 1 atom stereocenters. The summed E-state index contributed by atoms with van der Waals surface area (Å²) < 4.78 is 5.76. The van der Waals surface area contributed by atoms with E-state index in [0.29, 0.717) is 12.5 Å². The van der Waals surface area contributed by atoms with Gasteiger partial charge in [-0.2, -0.15) is 0 Å². The summed E-state index contributed by atoms with van der Waals surface area (Å²) in [4.78, 5) is 14.2. The molecule has 1 fully saturated rings. The fraction of sp³-hybridized carbons (Fsp3) is 0.316. The predicted octanol–water partition coefficient (Wildman–Crippen LogP) is 2.84. The van der Waals surface area contributed by atoms with Gasteiger partial charge in [0.25, 0.3) is 0 Å². The molecule has 3 rings (SSSR count). The Hall–Kier alpha value is -2.33. The molecule has 1 N–H and O–H groups in total. The number of likely N-dealkylation sites (N-methyl/N-ethyl adjacent to an activating group) is 1. The van der Waals surface area contributed by atoms with Crippen LogP contribution >= 0.6 is 0 Å². The zero-order chi connectivity index (χ0) is 16.1. The van der Waals surface area contributed by atoms with Gasteiger partial charge in [0.15, 0.2) is 0 Å². The van der Waals surface area contributed by atoms with E-state index in [-0.39, 0.29) is 5.91 Å². The number of benzene rings is 2. The highest BCUT2D eigenvalue weighted by Gasteiger charge is 2.22. The van der Waals surface area contributed by atoms with E-state index < -0.39 is 0 Å². The van der Waals surface area contributed by atoms with Crippen LogP contribution in [0.1, 0.15) is 12.0 Å². The smallest absolute Gasteiger partial charge is 0.227 e. The molecule has 1 aliphatic heterocycles. The standard InChI is InChI=1S/C19H22N2O2/c1-21(16-11-12-20-14-16)19(22)13-15-7-9-18(10-8-15)23-17-5-3-2-4-6-17/h2-10,16,20H,11-14H2,1H3/t16-/m1/s1. The summed E-state index contributed by atoms with van der Waals surface area (Å²) in [6.07, 6.45) is 1.46. The van der Waals surface area contributed by atoms with Crippen molar-refractivity contribution in [2.45, 2.75) is 18.9 Å². The van der Waals surface area contributed by atoms with E-state index in [1.807, 2.05) is 66.5 Å². The van der Waals surface area contributed by atoms with E-state index in [9.17, 15) is 4.79 Å². The molecule has 0 spiro atoms. The van der Waals surface area contributed by atoms with Crippen molar-refractivity contribution in [1.29, 1.82) is 0 Å². The first kappa shape index (κ1) is 15.6. The Bertz CT molecular complexity index is 634. The number of nitrogens with one attached hydrogen (secondary N) is 1. The van der Waals surface area contributed by atoms with Gasteiger partial charge in [-0.3, -0.25) is 4.79 Å². The highest BCUT2D eigenvalue weighted by molar-refractivity contribution is 5.79. The topological polar surface area (TPSA) is 41.6 Å². The van der Waals surface area contributed by atoms with Crippen LogP contribution in [0.3, 0.4) is 0 Å². The Labute approximate surface area is 137 Å². The number of hydrogen-bond acceptors (Lipinski definition) is 3. The first-order chi connectivity index (χ1) is 11.2. The first-order valence-corrected chi connectivity index (χ1v) is 8.00. The molecule has 0 aromatic heterocycles. The van der Waals surface area contributed by atoms with Gasteiger partial charge in [0.05, 0.1) is 6.42 Å². The van der Waals surface area contributed by atoms with Crippen molar-refractivity contribution in [3.8, 4) is 11.5 Å². The average molecular weight is 310 g/mol. The summed E-state index contributed by atoms with van der Waals surface area (Å²) in [7, 11) is 1.90. The number of nitrogens with zero attached hydrogens (tertiary/aromatic N) is 1. The lowest BCUT2D eigenvalue weighted by atomic mass is 10.1. The zero-order valence-electron chi connectivity index (χ0n) is 13.4. The van der Waals surface area contributed by atoms with E-state index in [0.717, 1.165) is 36.6 Å². The van der Waals surface area contributed by atoms with Crippen molar-refractivity contribution in [3.63, 3.8) is 0 Å². The van der Waals surface area contributed by atoms with Crippen LogP contribution in [0, 0.1) is 0 Å². The van der Waals surface area contributed by atoms with Gasteiger partial charge < -0.3 is 15.0 Å². The van der Waals surface area contributed by atoms with E-state index >= 15 is 0 Å². The van der Waals surface area contributed by atoms with Crippen LogP contribution in [0.2, 0.25) is 0 Å². The number of para-hydroxylation sites is 1. The predicted molar refractivity (Wildman–Crippen MR) is 90.7 cm³/mol. The van der Waals surface area contributed by atoms with Gasteiger partial charge >= 0.3 is 0 Å². The Morgan fingerprint density at radius 3 is 2.48 bits per heavy atom. The quantitative estimate of drug-likeness (QED) is 0.923. The second kappa shape index (κ2) is 7.29. The molecule has 2 aromatic rings. The minimum Gasteiger partial charge on any atom is -0.457 e. The van der Waals surface area contributed by atoms with Crippen molar-refractivity contribution in [2.75, 3.05) is 20.1 Å². The first-order valence-electron chi connectivity index (χ1n) is 8.00. The molecule has 23 heavy (non-hydrogen) atoms. The van der Waals surface area contributed by atoms with Gasteiger partial charge in [-0.1, -0.05) is 30.3 Å². The van der Waals surface area contributed by atoms with Crippen LogP contribution in [-0.4, -0.2) is 37.0 Å². The van der Waals surface area contributed by atoms with Gasteiger partial charge in [0.1, 0.15) is 11.5 Å². The minimum atomic E-state index is 0.162. The lowest BCUT2D eigenvalue weighted by Gasteiger charge is -2.23. The summed E-state index contributed by atoms with van der Waals surface area (Å²) >= 11 is 0. The third-order valence-electron chi connectivity index (χ3n) is 4.23. The van der Waals surface area contributed by atoms with Crippen LogP contribution in [-0.2, 0) is 11.2 Å². The molecule has 0 saturated carbocycles. The van der Waals surface area contributed by atoms with Crippen LogP contribution in [0.4, 0.5) is 0 Å². The molecular formula is C19H22N2O2. The zero-order valence-corrected chi connectivity index (χ0v) is 13.4. The minimum absolute atomic E-state index is 0.162. The van der Waals surface area contributed by atoms with Crippen LogP contribution in [0.15, 0.2) is 54.6 Å². The number of amides is 1. The van der Waals surface area contributed by atoms with Crippen molar-refractivity contribution in [1.82, 2.24) is 10.2 Å². The average Bonchev–Trinajstić information content (AvgIpc) is 3.11. The van der Waals surface area contributed by atoms with E-state index in [1.165, 1.54) is 0 Å². The SMILES string of the molecule is CN(C(=O)Cc1ccc(Oc2ccccc2)cc1)[C@@H]1CCNC1. The monoisotopic (exact) mass is 310 g/mol. The number of ether oxygens (including phenoxy) is 1. The van der Waals surface area contributed by atoms with Crippen molar-refractivity contribution >= 4 is 5.91 Å². The Balaban J connectivity index is 1.57. The van der Waals surface area contributed by atoms with Crippen LogP contribution in [0.25, 0.3) is 0 Å².